The van der Waals surface area contributed by atoms with Gasteiger partial charge in [0.05, 0.1) is 18.5 Å². The Labute approximate surface area is 104 Å². The van der Waals surface area contributed by atoms with Crippen molar-refractivity contribution in [1.29, 1.82) is 0 Å². The molecule has 0 aromatic heterocycles. The zero-order valence-electron chi connectivity index (χ0n) is 10.8. The highest BCUT2D eigenvalue weighted by atomic mass is 16.5. The highest BCUT2D eigenvalue weighted by Crippen LogP contribution is 2.36. The van der Waals surface area contributed by atoms with E-state index in [1.807, 2.05) is 12.1 Å². The average Bonchev–Trinajstić information content (AvgIpc) is 2.86. The molecule has 0 radical (unpaired) electrons. The van der Waals surface area contributed by atoms with Crippen LogP contribution in [0.15, 0.2) is 18.2 Å². The lowest BCUT2D eigenvalue weighted by Gasteiger charge is -2.31. The second kappa shape index (κ2) is 5.30. The topological polar surface area (TPSA) is 38.5 Å². The van der Waals surface area contributed by atoms with Crippen LogP contribution in [0.25, 0.3) is 0 Å². The first-order valence-corrected chi connectivity index (χ1v) is 6.47. The Bertz CT molecular complexity index is 372. The molecule has 0 amide bonds. The summed E-state index contributed by atoms with van der Waals surface area (Å²) in [5, 5.41) is 0. The van der Waals surface area contributed by atoms with Gasteiger partial charge in [0.25, 0.3) is 0 Å². The highest BCUT2D eigenvalue weighted by Gasteiger charge is 2.23. The van der Waals surface area contributed by atoms with Gasteiger partial charge in [0.15, 0.2) is 0 Å². The van der Waals surface area contributed by atoms with Crippen molar-refractivity contribution >= 4 is 11.4 Å². The van der Waals surface area contributed by atoms with E-state index in [0.29, 0.717) is 6.04 Å². The van der Waals surface area contributed by atoms with E-state index in [2.05, 4.69) is 17.9 Å². The summed E-state index contributed by atoms with van der Waals surface area (Å²) in [6, 6.07) is 6.68. The molecular formula is C14H22N2O. The minimum atomic E-state index is 0.648. The Morgan fingerprint density at radius 1 is 1.35 bits per heavy atom. The third-order valence-corrected chi connectivity index (χ3v) is 3.68. The molecule has 1 fully saturated rings. The quantitative estimate of drug-likeness (QED) is 0.814. The molecule has 1 aliphatic rings. The molecule has 1 aliphatic carbocycles. The van der Waals surface area contributed by atoms with E-state index in [9.17, 15) is 0 Å². The van der Waals surface area contributed by atoms with Crippen LogP contribution in [0.4, 0.5) is 11.4 Å². The largest absolute Gasteiger partial charge is 0.495 e. The number of nitrogens with zero attached hydrogens (tertiary/aromatic N) is 1. The van der Waals surface area contributed by atoms with Gasteiger partial charge in [-0.2, -0.15) is 0 Å². The van der Waals surface area contributed by atoms with E-state index in [1.54, 1.807) is 7.11 Å². The first-order chi connectivity index (χ1) is 8.27. The van der Waals surface area contributed by atoms with Gasteiger partial charge in [-0.1, -0.05) is 18.9 Å². The molecule has 2 rings (SSSR count). The fraction of sp³-hybridized carbons (Fsp3) is 0.571. The van der Waals surface area contributed by atoms with Crippen molar-refractivity contribution in [3.05, 3.63) is 18.2 Å². The SMILES string of the molecule is CCN(c1cccc(OC)c1N)C1CCCC1. The van der Waals surface area contributed by atoms with E-state index >= 15 is 0 Å². The molecule has 3 nitrogen and oxygen atoms in total. The number of methoxy groups -OCH3 is 1. The molecule has 3 heteroatoms. The zero-order valence-corrected chi connectivity index (χ0v) is 10.8. The Morgan fingerprint density at radius 2 is 2.06 bits per heavy atom. The minimum Gasteiger partial charge on any atom is -0.495 e. The fourth-order valence-electron chi connectivity index (χ4n) is 2.80. The second-order valence-electron chi connectivity index (χ2n) is 4.62. The van der Waals surface area contributed by atoms with Crippen LogP contribution in [-0.2, 0) is 0 Å². The van der Waals surface area contributed by atoms with Crippen molar-refractivity contribution < 1.29 is 4.74 Å². The molecular weight excluding hydrogens is 212 g/mol. The summed E-state index contributed by atoms with van der Waals surface area (Å²) in [7, 11) is 1.67. The number of para-hydroxylation sites is 1. The van der Waals surface area contributed by atoms with Crippen LogP contribution in [-0.4, -0.2) is 19.7 Å². The number of anilines is 2. The van der Waals surface area contributed by atoms with Crippen LogP contribution < -0.4 is 15.4 Å². The predicted molar refractivity (Wildman–Crippen MR) is 72.7 cm³/mol. The van der Waals surface area contributed by atoms with Crippen molar-refractivity contribution in [2.45, 2.75) is 38.6 Å². The lowest BCUT2D eigenvalue weighted by molar-refractivity contribution is 0.417. The Morgan fingerprint density at radius 3 is 2.65 bits per heavy atom. The van der Waals surface area contributed by atoms with Gasteiger partial charge in [0.2, 0.25) is 0 Å². The molecule has 0 heterocycles. The van der Waals surface area contributed by atoms with Crippen LogP contribution in [0.1, 0.15) is 32.6 Å². The van der Waals surface area contributed by atoms with Crippen LogP contribution in [0.3, 0.4) is 0 Å². The highest BCUT2D eigenvalue weighted by molar-refractivity contribution is 5.74. The van der Waals surface area contributed by atoms with Crippen LogP contribution in [0.2, 0.25) is 0 Å². The smallest absolute Gasteiger partial charge is 0.143 e. The van der Waals surface area contributed by atoms with E-state index in [0.717, 1.165) is 23.7 Å². The van der Waals surface area contributed by atoms with Gasteiger partial charge in [0, 0.05) is 12.6 Å². The molecule has 0 unspecified atom stereocenters. The van der Waals surface area contributed by atoms with Gasteiger partial charge >= 0.3 is 0 Å². The van der Waals surface area contributed by atoms with Crippen molar-refractivity contribution in [3.63, 3.8) is 0 Å². The summed E-state index contributed by atoms with van der Waals surface area (Å²) in [6.07, 6.45) is 5.24. The maximum absolute atomic E-state index is 6.17. The predicted octanol–water partition coefficient (Wildman–Crippen LogP) is 3.05. The van der Waals surface area contributed by atoms with Crippen molar-refractivity contribution in [2.24, 2.45) is 0 Å². The maximum atomic E-state index is 6.17. The lowest BCUT2D eigenvalue weighted by atomic mass is 10.1. The maximum Gasteiger partial charge on any atom is 0.143 e. The van der Waals surface area contributed by atoms with Gasteiger partial charge in [-0.15, -0.1) is 0 Å². The third-order valence-electron chi connectivity index (χ3n) is 3.68. The van der Waals surface area contributed by atoms with Crippen molar-refractivity contribution in [3.8, 4) is 5.75 Å². The van der Waals surface area contributed by atoms with Crippen molar-refractivity contribution in [2.75, 3.05) is 24.3 Å². The van der Waals surface area contributed by atoms with Crippen LogP contribution >= 0.6 is 0 Å². The fourth-order valence-corrected chi connectivity index (χ4v) is 2.80. The number of benzene rings is 1. The number of nitrogens with two attached hydrogens (primary N) is 1. The van der Waals surface area contributed by atoms with Gasteiger partial charge in [-0.3, -0.25) is 0 Å². The number of hydrogen-bond acceptors (Lipinski definition) is 3. The molecule has 0 spiro atoms. The Kier molecular flexibility index (Phi) is 3.77. The monoisotopic (exact) mass is 234 g/mol. The molecule has 1 aromatic rings. The average molecular weight is 234 g/mol. The van der Waals surface area contributed by atoms with E-state index in [1.165, 1.54) is 25.7 Å². The molecule has 94 valence electrons. The summed E-state index contributed by atoms with van der Waals surface area (Å²) in [4.78, 5) is 2.42. The summed E-state index contributed by atoms with van der Waals surface area (Å²) < 4.78 is 5.29. The number of hydrogen-bond donors (Lipinski definition) is 1. The third kappa shape index (κ3) is 2.33. The first-order valence-electron chi connectivity index (χ1n) is 6.47. The molecule has 1 aromatic carbocycles. The standard InChI is InChI=1S/C14H22N2O/c1-3-16(11-7-4-5-8-11)12-9-6-10-13(17-2)14(12)15/h6,9-11H,3-5,7-8,15H2,1-2H3. The van der Waals surface area contributed by atoms with E-state index in [-0.39, 0.29) is 0 Å². The molecule has 1 saturated carbocycles. The van der Waals surface area contributed by atoms with E-state index < -0.39 is 0 Å². The molecule has 0 atom stereocenters. The minimum absolute atomic E-state index is 0.648. The number of nitrogen functional groups attached to an aromatic ring is 1. The summed E-state index contributed by atoms with van der Waals surface area (Å²) >= 11 is 0. The molecule has 17 heavy (non-hydrogen) atoms. The number of ether oxygens (including phenoxy) is 1. The number of rotatable bonds is 4. The first kappa shape index (κ1) is 12.1. The molecule has 0 bridgehead atoms. The normalized spacial score (nSPS) is 16.1. The second-order valence-corrected chi connectivity index (χ2v) is 4.62. The summed E-state index contributed by atoms with van der Waals surface area (Å²) in [5.74, 6) is 0.777. The lowest BCUT2D eigenvalue weighted by Crippen LogP contribution is -2.33. The Balaban J connectivity index is 2.29. The van der Waals surface area contributed by atoms with Crippen LogP contribution in [0.5, 0.6) is 5.75 Å². The van der Waals surface area contributed by atoms with Gasteiger partial charge in [-0.05, 0) is 31.9 Å². The van der Waals surface area contributed by atoms with Crippen molar-refractivity contribution in [1.82, 2.24) is 0 Å². The molecule has 2 N–H and O–H groups in total. The van der Waals surface area contributed by atoms with Gasteiger partial charge < -0.3 is 15.4 Å². The molecule has 0 aliphatic heterocycles. The Hall–Kier alpha value is -1.38. The summed E-state index contributed by atoms with van der Waals surface area (Å²) in [6.45, 7) is 3.19. The zero-order chi connectivity index (χ0) is 12.3. The van der Waals surface area contributed by atoms with Gasteiger partial charge in [0.1, 0.15) is 5.75 Å². The summed E-state index contributed by atoms with van der Waals surface area (Å²) in [5.41, 5.74) is 8.06. The van der Waals surface area contributed by atoms with Crippen LogP contribution in [0, 0.1) is 0 Å². The molecule has 0 saturated heterocycles. The van der Waals surface area contributed by atoms with Gasteiger partial charge in [-0.25, -0.2) is 0 Å². The van der Waals surface area contributed by atoms with E-state index in [4.69, 9.17) is 10.5 Å².